The van der Waals surface area contributed by atoms with Crippen LogP contribution in [0.25, 0.3) is 0 Å². The molecule has 1 aromatic carbocycles. The minimum atomic E-state index is -0.231. The van der Waals surface area contributed by atoms with Gasteiger partial charge in [-0.2, -0.15) is 0 Å². The zero-order valence-corrected chi connectivity index (χ0v) is 9.86. The summed E-state index contributed by atoms with van der Waals surface area (Å²) in [6.07, 6.45) is 3.27. The van der Waals surface area contributed by atoms with Crippen LogP contribution < -0.4 is 25.8 Å². The Morgan fingerprint density at radius 3 is 2.67 bits per heavy atom. The number of nitrogens with one attached hydrogen (secondary N) is 2. The van der Waals surface area contributed by atoms with Crippen LogP contribution in [0.3, 0.4) is 0 Å². The van der Waals surface area contributed by atoms with Gasteiger partial charge in [0, 0.05) is 18.2 Å². The summed E-state index contributed by atoms with van der Waals surface area (Å²) in [6.45, 7) is 0.187. The lowest BCUT2D eigenvalue weighted by Crippen LogP contribution is -2.41. The highest BCUT2D eigenvalue weighted by atomic mass is 16.7. The molecule has 4 N–H and O–H groups in total. The van der Waals surface area contributed by atoms with Gasteiger partial charge < -0.3 is 25.8 Å². The molecule has 0 radical (unpaired) electrons. The van der Waals surface area contributed by atoms with E-state index in [1.165, 1.54) is 6.42 Å². The van der Waals surface area contributed by atoms with Gasteiger partial charge in [-0.15, -0.1) is 0 Å². The van der Waals surface area contributed by atoms with Gasteiger partial charge in [-0.25, -0.2) is 4.79 Å². The zero-order valence-electron chi connectivity index (χ0n) is 9.86. The van der Waals surface area contributed by atoms with Crippen molar-refractivity contribution in [3.63, 3.8) is 0 Å². The van der Waals surface area contributed by atoms with Gasteiger partial charge in [-0.3, -0.25) is 0 Å². The SMILES string of the molecule is Nc1cc2c(cc1NC(=O)NC1CCC1)OCO2. The Morgan fingerprint density at radius 1 is 1.28 bits per heavy atom. The molecule has 1 aliphatic heterocycles. The third-order valence-corrected chi connectivity index (χ3v) is 3.23. The summed E-state index contributed by atoms with van der Waals surface area (Å²) < 4.78 is 10.4. The second kappa shape index (κ2) is 4.29. The summed E-state index contributed by atoms with van der Waals surface area (Å²) in [4.78, 5) is 11.7. The smallest absolute Gasteiger partial charge is 0.319 e. The molecule has 6 heteroatoms. The maximum Gasteiger partial charge on any atom is 0.319 e. The second-order valence-electron chi connectivity index (χ2n) is 4.52. The number of nitrogen functional groups attached to an aromatic ring is 1. The average molecular weight is 249 g/mol. The van der Waals surface area contributed by atoms with Crippen molar-refractivity contribution < 1.29 is 14.3 Å². The molecule has 1 heterocycles. The normalized spacial score (nSPS) is 17.1. The van der Waals surface area contributed by atoms with Gasteiger partial charge in [0.05, 0.1) is 11.4 Å². The molecular formula is C12H15N3O3. The van der Waals surface area contributed by atoms with E-state index in [-0.39, 0.29) is 12.8 Å². The summed E-state index contributed by atoms with van der Waals surface area (Å²) in [5.74, 6) is 1.21. The number of carbonyl (C=O) groups excluding carboxylic acids is 1. The van der Waals surface area contributed by atoms with Crippen LogP contribution in [0, 0.1) is 0 Å². The molecule has 1 saturated carbocycles. The maximum atomic E-state index is 11.7. The van der Waals surface area contributed by atoms with E-state index in [1.54, 1.807) is 12.1 Å². The molecular weight excluding hydrogens is 234 g/mol. The van der Waals surface area contributed by atoms with E-state index in [0.29, 0.717) is 28.9 Å². The number of fused-ring (bicyclic) bond motifs is 1. The lowest BCUT2D eigenvalue weighted by atomic mass is 9.93. The molecule has 1 fully saturated rings. The van der Waals surface area contributed by atoms with Crippen LogP contribution in [0.5, 0.6) is 11.5 Å². The van der Waals surface area contributed by atoms with Crippen molar-refractivity contribution in [2.45, 2.75) is 25.3 Å². The van der Waals surface area contributed by atoms with Gasteiger partial charge >= 0.3 is 6.03 Å². The standard InChI is InChI=1S/C12H15N3O3/c13-8-4-10-11(18-6-17-10)5-9(8)15-12(16)14-7-2-1-3-7/h4-5,7H,1-3,6,13H2,(H2,14,15,16). The Labute approximate surface area is 104 Å². The molecule has 0 spiro atoms. The van der Waals surface area contributed by atoms with Crippen molar-refractivity contribution in [2.75, 3.05) is 17.8 Å². The Bertz CT molecular complexity index is 486. The molecule has 96 valence electrons. The molecule has 0 unspecified atom stereocenters. The molecule has 6 nitrogen and oxygen atoms in total. The predicted octanol–water partition coefficient (Wildman–Crippen LogP) is 1.67. The summed E-state index contributed by atoms with van der Waals surface area (Å²) in [5.41, 5.74) is 6.84. The van der Waals surface area contributed by atoms with Crippen molar-refractivity contribution in [1.82, 2.24) is 5.32 Å². The number of hydrogen-bond donors (Lipinski definition) is 3. The van der Waals surface area contributed by atoms with E-state index in [9.17, 15) is 4.79 Å². The van der Waals surface area contributed by atoms with Crippen molar-refractivity contribution in [3.8, 4) is 11.5 Å². The summed E-state index contributed by atoms with van der Waals surface area (Å²) in [6, 6.07) is 3.39. The minimum absolute atomic E-state index is 0.187. The Kier molecular flexibility index (Phi) is 2.62. The van der Waals surface area contributed by atoms with Crippen LogP contribution >= 0.6 is 0 Å². The topological polar surface area (TPSA) is 85.6 Å². The van der Waals surface area contributed by atoms with Gasteiger partial charge in [0.1, 0.15) is 0 Å². The van der Waals surface area contributed by atoms with Crippen molar-refractivity contribution in [1.29, 1.82) is 0 Å². The fourth-order valence-electron chi connectivity index (χ4n) is 1.96. The molecule has 18 heavy (non-hydrogen) atoms. The number of amides is 2. The predicted molar refractivity (Wildman–Crippen MR) is 66.8 cm³/mol. The number of hydrogen-bond acceptors (Lipinski definition) is 4. The van der Waals surface area contributed by atoms with E-state index < -0.39 is 0 Å². The van der Waals surface area contributed by atoms with Crippen LogP contribution in [0.4, 0.5) is 16.2 Å². The van der Waals surface area contributed by atoms with Crippen LogP contribution in [0.1, 0.15) is 19.3 Å². The Hall–Kier alpha value is -2.11. The lowest BCUT2D eigenvalue weighted by molar-refractivity contribution is 0.174. The van der Waals surface area contributed by atoms with Crippen molar-refractivity contribution in [2.24, 2.45) is 0 Å². The van der Waals surface area contributed by atoms with Crippen LogP contribution in [0.2, 0.25) is 0 Å². The molecule has 0 saturated heterocycles. The molecule has 0 aromatic heterocycles. The second-order valence-corrected chi connectivity index (χ2v) is 4.52. The summed E-state index contributed by atoms with van der Waals surface area (Å²) in [5, 5.41) is 5.61. The number of benzene rings is 1. The molecule has 0 atom stereocenters. The number of ether oxygens (including phenoxy) is 2. The third-order valence-electron chi connectivity index (χ3n) is 3.23. The fourth-order valence-corrected chi connectivity index (χ4v) is 1.96. The first kappa shape index (κ1) is 11.0. The molecule has 3 rings (SSSR count). The highest BCUT2D eigenvalue weighted by Gasteiger charge is 2.21. The molecule has 2 amide bonds. The number of urea groups is 1. The quantitative estimate of drug-likeness (QED) is 0.696. The number of anilines is 2. The minimum Gasteiger partial charge on any atom is -0.454 e. The van der Waals surface area contributed by atoms with Gasteiger partial charge in [-0.05, 0) is 19.3 Å². The van der Waals surface area contributed by atoms with E-state index in [2.05, 4.69) is 10.6 Å². The molecule has 2 aliphatic rings. The number of nitrogens with two attached hydrogens (primary N) is 1. The summed E-state index contributed by atoms with van der Waals surface area (Å²) >= 11 is 0. The largest absolute Gasteiger partial charge is 0.454 e. The first-order chi connectivity index (χ1) is 8.72. The Balaban J connectivity index is 1.69. The Morgan fingerprint density at radius 2 is 2.00 bits per heavy atom. The van der Waals surface area contributed by atoms with Crippen LogP contribution in [-0.4, -0.2) is 18.9 Å². The van der Waals surface area contributed by atoms with E-state index >= 15 is 0 Å². The first-order valence-corrected chi connectivity index (χ1v) is 5.99. The highest BCUT2D eigenvalue weighted by Crippen LogP contribution is 2.38. The third kappa shape index (κ3) is 2.01. The van der Waals surface area contributed by atoms with Gasteiger partial charge in [0.2, 0.25) is 6.79 Å². The highest BCUT2D eigenvalue weighted by molar-refractivity contribution is 5.93. The number of carbonyl (C=O) groups is 1. The van der Waals surface area contributed by atoms with Crippen LogP contribution in [-0.2, 0) is 0 Å². The van der Waals surface area contributed by atoms with Crippen molar-refractivity contribution >= 4 is 17.4 Å². The number of rotatable bonds is 2. The lowest BCUT2D eigenvalue weighted by Gasteiger charge is -2.26. The van der Waals surface area contributed by atoms with E-state index in [0.717, 1.165) is 12.8 Å². The maximum absolute atomic E-state index is 11.7. The van der Waals surface area contributed by atoms with Crippen LogP contribution in [0.15, 0.2) is 12.1 Å². The molecule has 1 aliphatic carbocycles. The average Bonchev–Trinajstić information content (AvgIpc) is 2.71. The zero-order chi connectivity index (χ0) is 12.5. The fraction of sp³-hybridized carbons (Fsp3) is 0.417. The molecule has 1 aromatic rings. The monoisotopic (exact) mass is 249 g/mol. The van der Waals surface area contributed by atoms with Crippen molar-refractivity contribution in [3.05, 3.63) is 12.1 Å². The van der Waals surface area contributed by atoms with E-state index in [1.807, 2.05) is 0 Å². The van der Waals surface area contributed by atoms with Gasteiger partial charge in [0.15, 0.2) is 11.5 Å². The van der Waals surface area contributed by atoms with Gasteiger partial charge in [0.25, 0.3) is 0 Å². The first-order valence-electron chi connectivity index (χ1n) is 5.99. The van der Waals surface area contributed by atoms with E-state index in [4.69, 9.17) is 15.2 Å². The molecule has 0 bridgehead atoms. The van der Waals surface area contributed by atoms with Gasteiger partial charge in [-0.1, -0.05) is 0 Å². The summed E-state index contributed by atoms with van der Waals surface area (Å²) in [7, 11) is 0.